The van der Waals surface area contributed by atoms with Crippen LogP contribution in [0.2, 0.25) is 0 Å². The van der Waals surface area contributed by atoms with Crippen molar-refractivity contribution >= 4 is 5.91 Å². The minimum Gasteiger partial charge on any atom is -0.330 e. The molecule has 18 heavy (non-hydrogen) atoms. The maximum Gasteiger partial charge on any atom is 0.258 e. The van der Waals surface area contributed by atoms with Crippen molar-refractivity contribution in [3.63, 3.8) is 0 Å². The third-order valence-corrected chi connectivity index (χ3v) is 2.64. The fourth-order valence-electron chi connectivity index (χ4n) is 1.81. The Balaban J connectivity index is 4.52. The molecule has 0 heterocycles. The lowest BCUT2D eigenvalue weighted by molar-refractivity contribution is -0.127. The van der Waals surface area contributed by atoms with Gasteiger partial charge in [0.2, 0.25) is 0 Å². The molecule has 0 fully saturated rings. The molecule has 0 aromatic rings. The molecule has 107 valence electrons. The summed E-state index contributed by atoms with van der Waals surface area (Å²) in [5, 5.41) is 3.95. The molecular formula is C11H27N6O. The van der Waals surface area contributed by atoms with Gasteiger partial charge in [0.05, 0.1) is 12.6 Å². The topological polar surface area (TPSA) is 138 Å². The summed E-state index contributed by atoms with van der Waals surface area (Å²) in [6, 6.07) is -0.271. The Bertz CT molecular complexity index is 208. The van der Waals surface area contributed by atoms with Gasteiger partial charge in [-0.15, -0.1) is 0 Å². The maximum absolute atomic E-state index is 12.0. The van der Waals surface area contributed by atoms with Crippen LogP contribution in [0.15, 0.2) is 0 Å². The van der Waals surface area contributed by atoms with Crippen LogP contribution in [0.4, 0.5) is 0 Å². The van der Waals surface area contributed by atoms with Crippen molar-refractivity contribution < 1.29 is 4.79 Å². The zero-order valence-electron chi connectivity index (χ0n) is 11.1. The van der Waals surface area contributed by atoms with Crippen molar-refractivity contribution in [1.82, 2.24) is 10.2 Å². The minimum atomic E-state index is -0.271. The summed E-state index contributed by atoms with van der Waals surface area (Å²) in [5.41, 5.74) is 22.0. The van der Waals surface area contributed by atoms with Crippen molar-refractivity contribution in [3.8, 4) is 0 Å². The van der Waals surface area contributed by atoms with Crippen LogP contribution in [-0.4, -0.2) is 62.7 Å². The van der Waals surface area contributed by atoms with Gasteiger partial charge in [0.25, 0.3) is 5.91 Å². The molecule has 0 spiro atoms. The second-order valence-electron chi connectivity index (χ2n) is 4.07. The Morgan fingerprint density at radius 2 is 1.61 bits per heavy atom. The van der Waals surface area contributed by atoms with Gasteiger partial charge < -0.3 is 22.9 Å². The lowest BCUT2D eigenvalue weighted by Crippen LogP contribution is -2.49. The highest BCUT2D eigenvalue weighted by Gasteiger charge is 2.24. The Hall–Kier alpha value is -0.730. The molecule has 1 amide bonds. The Morgan fingerprint density at radius 3 is 2.06 bits per heavy atom. The molecule has 0 rings (SSSR count). The fourth-order valence-corrected chi connectivity index (χ4v) is 1.81. The first-order valence-corrected chi connectivity index (χ1v) is 6.46. The van der Waals surface area contributed by atoms with Gasteiger partial charge in [-0.05, 0) is 19.4 Å². The number of nitrogens with zero attached hydrogens (tertiary/aromatic N) is 2. The van der Waals surface area contributed by atoms with Gasteiger partial charge in [0.15, 0.2) is 0 Å². The van der Waals surface area contributed by atoms with Crippen LogP contribution < -0.4 is 28.3 Å². The van der Waals surface area contributed by atoms with E-state index in [4.69, 9.17) is 22.9 Å². The summed E-state index contributed by atoms with van der Waals surface area (Å²) >= 11 is 0. The molecule has 0 bridgehead atoms. The molecule has 1 atom stereocenters. The van der Waals surface area contributed by atoms with Crippen molar-refractivity contribution in [2.45, 2.75) is 18.9 Å². The monoisotopic (exact) mass is 259 g/mol. The maximum atomic E-state index is 12.0. The van der Waals surface area contributed by atoms with Gasteiger partial charge in [-0.2, -0.15) is 0 Å². The van der Waals surface area contributed by atoms with Crippen LogP contribution in [0.3, 0.4) is 0 Å². The number of hydrogen-bond acceptors (Lipinski definition) is 6. The predicted octanol–water partition coefficient (Wildman–Crippen LogP) is -2.60. The van der Waals surface area contributed by atoms with Crippen LogP contribution in [0.25, 0.3) is 0 Å². The summed E-state index contributed by atoms with van der Waals surface area (Å²) < 4.78 is 0. The second-order valence-corrected chi connectivity index (χ2v) is 4.07. The van der Waals surface area contributed by atoms with Crippen LogP contribution in [0.1, 0.15) is 12.8 Å². The van der Waals surface area contributed by atoms with E-state index in [1.54, 1.807) is 0 Å². The number of carbonyl (C=O) groups is 1. The summed E-state index contributed by atoms with van der Waals surface area (Å²) in [4.78, 5) is 14.0. The SMILES string of the molecule is NCCC[C@@H](C(=O)[N]CCN)N(CCN)CCN. The van der Waals surface area contributed by atoms with E-state index < -0.39 is 0 Å². The van der Waals surface area contributed by atoms with E-state index in [0.29, 0.717) is 52.2 Å². The van der Waals surface area contributed by atoms with E-state index >= 15 is 0 Å². The van der Waals surface area contributed by atoms with Gasteiger partial charge in [-0.25, -0.2) is 5.32 Å². The third kappa shape index (κ3) is 6.87. The first kappa shape index (κ1) is 17.3. The molecule has 8 N–H and O–H groups in total. The number of carbonyl (C=O) groups excluding carboxylic acids is 1. The predicted molar refractivity (Wildman–Crippen MR) is 72.8 cm³/mol. The van der Waals surface area contributed by atoms with E-state index in [2.05, 4.69) is 5.32 Å². The van der Waals surface area contributed by atoms with Gasteiger partial charge in [0, 0.05) is 32.7 Å². The normalized spacial score (nSPS) is 12.7. The summed E-state index contributed by atoms with van der Waals surface area (Å²) in [6.07, 6.45) is 1.46. The standard InChI is InChI=1S/C11H27N6O/c12-3-1-2-10(11(18)16-7-4-13)17(8-5-14)9-6-15/h10H,1-9,12-15H2/t10-/m0/s1. The largest absolute Gasteiger partial charge is 0.330 e. The molecule has 0 saturated carbocycles. The molecule has 0 aliphatic carbocycles. The third-order valence-electron chi connectivity index (χ3n) is 2.64. The Kier molecular flexibility index (Phi) is 10.9. The molecule has 0 aliphatic rings. The molecular weight excluding hydrogens is 232 g/mol. The first-order valence-electron chi connectivity index (χ1n) is 6.46. The van der Waals surface area contributed by atoms with Gasteiger partial charge in [0.1, 0.15) is 0 Å². The smallest absolute Gasteiger partial charge is 0.258 e. The lowest BCUT2D eigenvalue weighted by atomic mass is 10.1. The first-order chi connectivity index (χ1) is 8.71. The fraction of sp³-hybridized carbons (Fsp3) is 0.909. The van der Waals surface area contributed by atoms with Crippen LogP contribution >= 0.6 is 0 Å². The van der Waals surface area contributed by atoms with Crippen molar-refractivity contribution in [2.24, 2.45) is 22.9 Å². The lowest BCUT2D eigenvalue weighted by Gasteiger charge is -2.29. The highest BCUT2D eigenvalue weighted by Crippen LogP contribution is 2.07. The van der Waals surface area contributed by atoms with Crippen molar-refractivity contribution in [1.29, 1.82) is 0 Å². The van der Waals surface area contributed by atoms with Crippen molar-refractivity contribution in [2.75, 3.05) is 45.8 Å². The molecule has 0 aromatic carbocycles. The van der Waals surface area contributed by atoms with E-state index in [-0.39, 0.29) is 11.9 Å². The number of hydrogen-bond donors (Lipinski definition) is 4. The Morgan fingerprint density at radius 1 is 1.00 bits per heavy atom. The summed E-state index contributed by atoms with van der Waals surface area (Å²) in [5.74, 6) is -0.143. The molecule has 7 nitrogen and oxygen atoms in total. The van der Waals surface area contributed by atoms with Crippen molar-refractivity contribution in [3.05, 3.63) is 0 Å². The van der Waals surface area contributed by atoms with Crippen LogP contribution in [0, 0.1) is 0 Å². The number of nitrogens with two attached hydrogens (primary N) is 4. The second kappa shape index (κ2) is 11.4. The van der Waals surface area contributed by atoms with E-state index in [1.165, 1.54) is 0 Å². The van der Waals surface area contributed by atoms with Gasteiger partial charge in [-0.1, -0.05) is 0 Å². The molecule has 0 aromatic heterocycles. The average molecular weight is 259 g/mol. The molecule has 0 unspecified atom stereocenters. The minimum absolute atomic E-state index is 0.143. The molecule has 0 saturated heterocycles. The van der Waals surface area contributed by atoms with Gasteiger partial charge >= 0.3 is 0 Å². The number of amides is 1. The zero-order valence-corrected chi connectivity index (χ0v) is 11.1. The van der Waals surface area contributed by atoms with E-state index in [9.17, 15) is 4.79 Å². The number of rotatable bonds is 11. The van der Waals surface area contributed by atoms with E-state index in [0.717, 1.165) is 6.42 Å². The summed E-state index contributed by atoms with van der Waals surface area (Å²) in [6.45, 7) is 3.54. The Labute approximate surface area is 109 Å². The summed E-state index contributed by atoms with van der Waals surface area (Å²) in [7, 11) is 0. The zero-order chi connectivity index (χ0) is 13.8. The highest BCUT2D eigenvalue weighted by atomic mass is 16.2. The molecule has 0 aliphatic heterocycles. The van der Waals surface area contributed by atoms with Crippen LogP contribution in [-0.2, 0) is 4.79 Å². The molecule has 7 heteroatoms. The van der Waals surface area contributed by atoms with Crippen LogP contribution in [0.5, 0.6) is 0 Å². The van der Waals surface area contributed by atoms with Gasteiger partial charge in [-0.3, -0.25) is 9.69 Å². The molecule has 1 radical (unpaired) electrons. The van der Waals surface area contributed by atoms with E-state index in [1.807, 2.05) is 4.90 Å². The average Bonchev–Trinajstić information content (AvgIpc) is 2.37. The quantitative estimate of drug-likeness (QED) is 0.321. The highest BCUT2D eigenvalue weighted by molar-refractivity contribution is 5.81.